The zero-order chi connectivity index (χ0) is 18.3. The van der Waals surface area contributed by atoms with E-state index in [1.54, 1.807) is 0 Å². The van der Waals surface area contributed by atoms with E-state index in [2.05, 4.69) is 16.1 Å². The van der Waals surface area contributed by atoms with E-state index < -0.39 is 9.84 Å². The van der Waals surface area contributed by atoms with Crippen LogP contribution in [0.25, 0.3) is 22.3 Å². The highest BCUT2D eigenvalue weighted by Gasteiger charge is 2.14. The van der Waals surface area contributed by atoms with Gasteiger partial charge in [-0.2, -0.15) is 5.10 Å². The van der Waals surface area contributed by atoms with Crippen molar-refractivity contribution < 1.29 is 8.42 Å². The van der Waals surface area contributed by atoms with Crippen LogP contribution in [0.4, 0.5) is 0 Å². The summed E-state index contributed by atoms with van der Waals surface area (Å²) in [6, 6.07) is 9.79. The van der Waals surface area contributed by atoms with Gasteiger partial charge in [-0.3, -0.25) is 4.68 Å². The summed E-state index contributed by atoms with van der Waals surface area (Å²) < 4.78 is 25.2. The average Bonchev–Trinajstić information content (AvgIpc) is 2.85. The van der Waals surface area contributed by atoms with Crippen molar-refractivity contribution in [3.8, 4) is 11.4 Å². The molecule has 1 aromatic carbocycles. The van der Waals surface area contributed by atoms with Gasteiger partial charge in [-0.15, -0.1) is 0 Å². The Kier molecular flexibility index (Phi) is 4.28. The summed E-state index contributed by atoms with van der Waals surface area (Å²) in [7, 11) is -3.05. The summed E-state index contributed by atoms with van der Waals surface area (Å²) in [6.45, 7) is 4.79. The van der Waals surface area contributed by atoms with Crippen LogP contribution >= 0.6 is 0 Å². The molecule has 0 saturated carbocycles. The van der Waals surface area contributed by atoms with Crippen molar-refractivity contribution in [3.63, 3.8) is 0 Å². The molecule has 0 saturated heterocycles. The van der Waals surface area contributed by atoms with Crippen LogP contribution in [0.1, 0.15) is 23.2 Å². The van der Waals surface area contributed by atoms with Crippen LogP contribution in [-0.2, 0) is 28.7 Å². The zero-order valence-corrected chi connectivity index (χ0v) is 15.8. The molecule has 6 nitrogen and oxygen atoms in total. The molecule has 0 amide bonds. The highest BCUT2D eigenvalue weighted by Crippen LogP contribution is 2.26. The molecule has 1 aliphatic rings. The Morgan fingerprint density at radius 2 is 2.04 bits per heavy atom. The fourth-order valence-corrected chi connectivity index (χ4v) is 4.24. The first-order chi connectivity index (χ1) is 12.4. The van der Waals surface area contributed by atoms with Crippen molar-refractivity contribution in [3.05, 3.63) is 47.2 Å². The van der Waals surface area contributed by atoms with Gasteiger partial charge in [-0.25, -0.2) is 13.4 Å². The molecule has 1 aliphatic heterocycles. The van der Waals surface area contributed by atoms with Gasteiger partial charge < -0.3 is 5.32 Å². The molecule has 0 aliphatic carbocycles. The molecule has 0 bridgehead atoms. The smallest absolute Gasteiger partial charge is 0.151 e. The fraction of sp³-hybridized carbons (Fsp3) is 0.368. The number of aromatic nitrogens is 3. The van der Waals surface area contributed by atoms with E-state index in [1.165, 1.54) is 11.9 Å². The minimum atomic E-state index is -3.05. The Morgan fingerprint density at radius 3 is 2.85 bits per heavy atom. The van der Waals surface area contributed by atoms with Gasteiger partial charge in [0.05, 0.1) is 22.7 Å². The van der Waals surface area contributed by atoms with E-state index in [4.69, 9.17) is 10.1 Å². The maximum Gasteiger partial charge on any atom is 0.151 e. The third-order valence-corrected chi connectivity index (χ3v) is 5.52. The predicted octanol–water partition coefficient (Wildman–Crippen LogP) is 2.44. The summed E-state index contributed by atoms with van der Waals surface area (Å²) in [5, 5.41) is 9.12. The standard InChI is InChI=1S/C19H22N4O2S/c1-13-8-18(19-10-15-11-20-6-3-7-23(15)22-19)21-17-5-4-14(9-16(13)17)12-26(2,24)25/h4-5,8-10,20H,3,6-7,11-12H2,1-2H3. The number of nitrogens with zero attached hydrogens (tertiary/aromatic N) is 3. The van der Waals surface area contributed by atoms with Gasteiger partial charge in [0.25, 0.3) is 0 Å². The third-order valence-electron chi connectivity index (χ3n) is 4.66. The molecule has 136 valence electrons. The van der Waals surface area contributed by atoms with Crippen molar-refractivity contribution in [1.82, 2.24) is 20.1 Å². The van der Waals surface area contributed by atoms with Gasteiger partial charge in [0.1, 0.15) is 5.69 Å². The van der Waals surface area contributed by atoms with Gasteiger partial charge in [-0.05, 0) is 55.3 Å². The molecule has 3 aromatic rings. The van der Waals surface area contributed by atoms with Crippen molar-refractivity contribution in [1.29, 1.82) is 0 Å². The Bertz CT molecular complexity index is 1060. The maximum atomic E-state index is 11.6. The van der Waals surface area contributed by atoms with E-state index in [0.717, 1.165) is 59.5 Å². The second kappa shape index (κ2) is 6.48. The van der Waals surface area contributed by atoms with Crippen LogP contribution < -0.4 is 5.32 Å². The van der Waals surface area contributed by atoms with Crippen molar-refractivity contribution >= 4 is 20.7 Å². The number of fused-ring (bicyclic) bond motifs is 2. The van der Waals surface area contributed by atoms with Gasteiger partial charge in [0.2, 0.25) is 0 Å². The van der Waals surface area contributed by atoms with E-state index in [-0.39, 0.29) is 5.75 Å². The Labute approximate surface area is 153 Å². The molecular weight excluding hydrogens is 348 g/mol. The van der Waals surface area contributed by atoms with E-state index in [0.29, 0.717) is 0 Å². The number of hydrogen-bond acceptors (Lipinski definition) is 5. The zero-order valence-electron chi connectivity index (χ0n) is 15.0. The van der Waals surface area contributed by atoms with Gasteiger partial charge >= 0.3 is 0 Å². The molecule has 2 aromatic heterocycles. The lowest BCUT2D eigenvalue weighted by molar-refractivity contribution is 0.589. The molecule has 1 N–H and O–H groups in total. The monoisotopic (exact) mass is 370 g/mol. The SMILES string of the molecule is Cc1cc(-c2cc3n(n2)CCCNC3)nc2ccc(CS(C)(=O)=O)cc12. The van der Waals surface area contributed by atoms with Gasteiger partial charge in [0.15, 0.2) is 9.84 Å². The Balaban J connectivity index is 1.75. The molecule has 0 atom stereocenters. The summed E-state index contributed by atoms with van der Waals surface area (Å²) >= 11 is 0. The molecule has 4 rings (SSSR count). The minimum Gasteiger partial charge on any atom is -0.311 e. The average molecular weight is 370 g/mol. The first-order valence-corrected chi connectivity index (χ1v) is 10.8. The molecule has 26 heavy (non-hydrogen) atoms. The number of hydrogen-bond donors (Lipinski definition) is 1. The first-order valence-electron chi connectivity index (χ1n) is 8.75. The van der Waals surface area contributed by atoms with Crippen LogP contribution in [0.2, 0.25) is 0 Å². The van der Waals surface area contributed by atoms with Gasteiger partial charge in [-0.1, -0.05) is 6.07 Å². The summed E-state index contributed by atoms with van der Waals surface area (Å²) in [6.07, 6.45) is 2.32. The summed E-state index contributed by atoms with van der Waals surface area (Å²) in [5.41, 5.74) is 5.64. The minimum absolute atomic E-state index is 0.0465. The Morgan fingerprint density at radius 1 is 1.19 bits per heavy atom. The highest BCUT2D eigenvalue weighted by molar-refractivity contribution is 7.89. The number of sulfone groups is 1. The third kappa shape index (κ3) is 3.50. The normalized spacial score (nSPS) is 15.0. The lowest BCUT2D eigenvalue weighted by atomic mass is 10.1. The topological polar surface area (TPSA) is 76.9 Å². The molecule has 0 unspecified atom stereocenters. The molecule has 0 spiro atoms. The van der Waals surface area contributed by atoms with Crippen molar-refractivity contribution in [2.24, 2.45) is 0 Å². The molecule has 0 fully saturated rings. The van der Waals surface area contributed by atoms with Crippen molar-refractivity contribution in [2.45, 2.75) is 32.2 Å². The maximum absolute atomic E-state index is 11.6. The highest BCUT2D eigenvalue weighted by atomic mass is 32.2. The van der Waals surface area contributed by atoms with Crippen LogP contribution in [0.15, 0.2) is 30.3 Å². The van der Waals surface area contributed by atoms with Crippen LogP contribution in [0.3, 0.4) is 0 Å². The number of rotatable bonds is 3. The largest absolute Gasteiger partial charge is 0.311 e. The molecular formula is C19H22N4O2S. The summed E-state index contributed by atoms with van der Waals surface area (Å²) in [4.78, 5) is 4.77. The number of nitrogens with one attached hydrogen (secondary N) is 1. The molecule has 0 radical (unpaired) electrons. The second-order valence-electron chi connectivity index (χ2n) is 7.02. The van der Waals surface area contributed by atoms with E-state index in [1.807, 2.05) is 31.2 Å². The molecule has 7 heteroatoms. The van der Waals surface area contributed by atoms with Crippen molar-refractivity contribution in [2.75, 3.05) is 12.8 Å². The quantitative estimate of drug-likeness (QED) is 0.766. The summed E-state index contributed by atoms with van der Waals surface area (Å²) in [5.74, 6) is 0.0465. The number of benzene rings is 1. The Hall–Kier alpha value is -2.25. The van der Waals surface area contributed by atoms with Crippen LogP contribution in [0, 0.1) is 6.92 Å². The van der Waals surface area contributed by atoms with E-state index in [9.17, 15) is 8.42 Å². The predicted molar refractivity (Wildman–Crippen MR) is 103 cm³/mol. The van der Waals surface area contributed by atoms with Gasteiger partial charge in [0, 0.05) is 24.7 Å². The first kappa shape index (κ1) is 17.2. The van der Waals surface area contributed by atoms with Crippen LogP contribution in [-0.4, -0.2) is 36.0 Å². The number of aryl methyl sites for hydroxylation is 2. The lowest BCUT2D eigenvalue weighted by Crippen LogP contribution is -2.11. The second-order valence-corrected chi connectivity index (χ2v) is 9.16. The molecule has 3 heterocycles. The van der Waals surface area contributed by atoms with E-state index >= 15 is 0 Å². The van der Waals surface area contributed by atoms with Crippen LogP contribution in [0.5, 0.6) is 0 Å². The fourth-order valence-electron chi connectivity index (χ4n) is 3.45. The lowest BCUT2D eigenvalue weighted by Gasteiger charge is -2.07. The number of pyridine rings is 1.